The van der Waals surface area contributed by atoms with Crippen LogP contribution in [0.2, 0.25) is 0 Å². The Hall–Kier alpha value is -0.860. The maximum absolute atomic E-state index is 10.2. The highest BCUT2D eigenvalue weighted by molar-refractivity contribution is 5.21. The summed E-state index contributed by atoms with van der Waals surface area (Å²) in [5.41, 5.74) is 2.67. The summed E-state index contributed by atoms with van der Waals surface area (Å²) in [6.45, 7) is 6.37. The molecule has 0 bridgehead atoms. The van der Waals surface area contributed by atoms with E-state index in [2.05, 4.69) is 50.1 Å². The lowest BCUT2D eigenvalue weighted by molar-refractivity contribution is 0.0298. The monoisotopic (exact) mass is 275 g/mol. The lowest BCUT2D eigenvalue weighted by atomic mass is 9.78. The Morgan fingerprint density at radius 1 is 1.20 bits per heavy atom. The average molecular weight is 275 g/mol. The van der Waals surface area contributed by atoms with Gasteiger partial charge in [-0.05, 0) is 50.6 Å². The predicted molar refractivity (Wildman–Crippen MR) is 84.6 cm³/mol. The molecule has 2 nitrogen and oxygen atoms in total. The molecule has 0 radical (unpaired) electrons. The van der Waals surface area contributed by atoms with Gasteiger partial charge in [0.1, 0.15) is 0 Å². The van der Waals surface area contributed by atoms with Crippen molar-refractivity contribution in [3.05, 3.63) is 35.4 Å². The third-order valence-corrected chi connectivity index (χ3v) is 4.75. The Balaban J connectivity index is 1.86. The Labute approximate surface area is 123 Å². The largest absolute Gasteiger partial charge is 0.393 e. The molecule has 20 heavy (non-hydrogen) atoms. The van der Waals surface area contributed by atoms with Gasteiger partial charge in [-0.1, -0.05) is 43.2 Å². The van der Waals surface area contributed by atoms with Crippen LogP contribution >= 0.6 is 0 Å². The predicted octanol–water partition coefficient (Wildman–Crippen LogP) is 3.61. The Morgan fingerprint density at radius 2 is 1.90 bits per heavy atom. The highest BCUT2D eigenvalue weighted by Gasteiger charge is 2.28. The minimum atomic E-state index is -0.0988. The summed E-state index contributed by atoms with van der Waals surface area (Å²) in [4.78, 5) is 2.36. The van der Waals surface area contributed by atoms with E-state index < -0.39 is 0 Å². The number of hydrogen-bond donors (Lipinski definition) is 1. The molecule has 1 N–H and O–H groups in total. The number of aliphatic hydroxyl groups excluding tert-OH is 1. The molecule has 0 aromatic heterocycles. The molecule has 3 unspecified atom stereocenters. The van der Waals surface area contributed by atoms with Crippen LogP contribution in [0.15, 0.2) is 24.3 Å². The maximum Gasteiger partial charge on any atom is 0.0580 e. The summed E-state index contributed by atoms with van der Waals surface area (Å²) >= 11 is 0. The molecule has 2 heteroatoms. The summed E-state index contributed by atoms with van der Waals surface area (Å²) in [5.74, 6) is 1.26. The number of nitrogens with zero attached hydrogens (tertiary/aromatic N) is 1. The lowest BCUT2D eigenvalue weighted by Crippen LogP contribution is -2.37. The van der Waals surface area contributed by atoms with Gasteiger partial charge in [-0.3, -0.25) is 0 Å². The second-order valence-corrected chi connectivity index (χ2v) is 6.60. The normalized spacial score (nSPS) is 26.9. The Morgan fingerprint density at radius 3 is 2.55 bits per heavy atom. The van der Waals surface area contributed by atoms with Crippen LogP contribution in [0.5, 0.6) is 0 Å². The van der Waals surface area contributed by atoms with E-state index in [1.165, 1.54) is 30.4 Å². The number of aryl methyl sites for hydroxylation is 1. The molecule has 0 spiro atoms. The smallest absolute Gasteiger partial charge is 0.0580 e. The van der Waals surface area contributed by atoms with Crippen molar-refractivity contribution in [1.82, 2.24) is 4.90 Å². The van der Waals surface area contributed by atoms with E-state index in [0.717, 1.165) is 25.4 Å². The lowest BCUT2D eigenvalue weighted by Gasteiger charge is -2.35. The van der Waals surface area contributed by atoms with Crippen LogP contribution in [0.3, 0.4) is 0 Å². The zero-order chi connectivity index (χ0) is 14.5. The topological polar surface area (TPSA) is 23.5 Å². The molecule has 2 rings (SSSR count). The first-order valence-electron chi connectivity index (χ1n) is 8.00. The van der Waals surface area contributed by atoms with Gasteiger partial charge in [0.05, 0.1) is 6.10 Å². The van der Waals surface area contributed by atoms with Gasteiger partial charge in [0, 0.05) is 13.1 Å². The molecule has 1 aliphatic rings. The zero-order valence-electron chi connectivity index (χ0n) is 13.2. The van der Waals surface area contributed by atoms with Crippen LogP contribution < -0.4 is 0 Å². The van der Waals surface area contributed by atoms with E-state index in [1.54, 1.807) is 0 Å². The van der Waals surface area contributed by atoms with Gasteiger partial charge in [0.25, 0.3) is 0 Å². The minimum Gasteiger partial charge on any atom is -0.393 e. The first-order valence-corrected chi connectivity index (χ1v) is 8.00. The zero-order valence-corrected chi connectivity index (χ0v) is 13.2. The van der Waals surface area contributed by atoms with Gasteiger partial charge in [0.15, 0.2) is 0 Å². The first-order chi connectivity index (χ1) is 9.58. The Kier molecular flexibility index (Phi) is 5.62. The van der Waals surface area contributed by atoms with Crippen molar-refractivity contribution in [2.45, 2.75) is 52.2 Å². The van der Waals surface area contributed by atoms with Crippen molar-refractivity contribution in [2.24, 2.45) is 11.8 Å². The van der Waals surface area contributed by atoms with Crippen molar-refractivity contribution >= 4 is 0 Å². The van der Waals surface area contributed by atoms with Crippen LogP contribution in [-0.2, 0) is 6.54 Å². The number of hydrogen-bond acceptors (Lipinski definition) is 2. The summed E-state index contributed by atoms with van der Waals surface area (Å²) in [6.07, 6.45) is 4.54. The van der Waals surface area contributed by atoms with E-state index in [0.29, 0.717) is 5.92 Å². The second kappa shape index (κ2) is 7.24. The minimum absolute atomic E-state index is 0.0988. The van der Waals surface area contributed by atoms with Gasteiger partial charge in [-0.25, -0.2) is 0 Å². The second-order valence-electron chi connectivity index (χ2n) is 6.60. The summed E-state index contributed by atoms with van der Waals surface area (Å²) in [7, 11) is 2.17. The van der Waals surface area contributed by atoms with Crippen molar-refractivity contribution < 1.29 is 5.11 Å². The molecule has 3 atom stereocenters. The van der Waals surface area contributed by atoms with Crippen LogP contribution in [0.25, 0.3) is 0 Å². The molecule has 0 amide bonds. The standard InChI is InChI=1S/C18H29NO/c1-4-15-9-10-18(20)17(11-15)13-19(3)12-16-7-5-14(2)6-8-16/h5-8,15,17-18,20H,4,9-13H2,1-3H3. The number of rotatable bonds is 5. The van der Waals surface area contributed by atoms with Crippen molar-refractivity contribution in [2.75, 3.05) is 13.6 Å². The number of aliphatic hydroxyl groups is 1. The highest BCUT2D eigenvalue weighted by Crippen LogP contribution is 2.31. The Bertz CT molecular complexity index is 400. The van der Waals surface area contributed by atoms with Gasteiger partial charge >= 0.3 is 0 Å². The summed E-state index contributed by atoms with van der Waals surface area (Å²) in [5, 5.41) is 10.2. The molecular weight excluding hydrogens is 246 g/mol. The van der Waals surface area contributed by atoms with E-state index in [1.807, 2.05) is 0 Å². The van der Waals surface area contributed by atoms with E-state index in [4.69, 9.17) is 0 Å². The fraction of sp³-hybridized carbons (Fsp3) is 0.667. The van der Waals surface area contributed by atoms with E-state index in [9.17, 15) is 5.11 Å². The summed E-state index contributed by atoms with van der Waals surface area (Å²) in [6, 6.07) is 8.76. The van der Waals surface area contributed by atoms with Crippen LogP contribution in [-0.4, -0.2) is 29.7 Å². The van der Waals surface area contributed by atoms with Gasteiger partial charge < -0.3 is 10.0 Å². The maximum atomic E-state index is 10.2. The third kappa shape index (κ3) is 4.32. The molecule has 1 aromatic rings. The first kappa shape index (κ1) is 15.5. The quantitative estimate of drug-likeness (QED) is 0.887. The van der Waals surface area contributed by atoms with Crippen molar-refractivity contribution in [3.8, 4) is 0 Å². The molecule has 1 aromatic carbocycles. The number of benzene rings is 1. The van der Waals surface area contributed by atoms with Crippen molar-refractivity contribution in [1.29, 1.82) is 0 Å². The SMILES string of the molecule is CCC1CCC(O)C(CN(C)Cc2ccc(C)cc2)C1. The third-order valence-electron chi connectivity index (χ3n) is 4.75. The fourth-order valence-corrected chi connectivity index (χ4v) is 3.38. The molecule has 112 valence electrons. The summed E-state index contributed by atoms with van der Waals surface area (Å²) < 4.78 is 0. The van der Waals surface area contributed by atoms with Crippen LogP contribution in [0.1, 0.15) is 43.7 Å². The van der Waals surface area contributed by atoms with Gasteiger partial charge in [0.2, 0.25) is 0 Å². The van der Waals surface area contributed by atoms with Crippen molar-refractivity contribution in [3.63, 3.8) is 0 Å². The molecule has 1 aliphatic carbocycles. The van der Waals surface area contributed by atoms with Crippen LogP contribution in [0, 0.1) is 18.8 Å². The van der Waals surface area contributed by atoms with Crippen LogP contribution in [0.4, 0.5) is 0 Å². The van der Waals surface area contributed by atoms with Gasteiger partial charge in [-0.15, -0.1) is 0 Å². The highest BCUT2D eigenvalue weighted by atomic mass is 16.3. The molecule has 0 aliphatic heterocycles. The molecule has 1 fully saturated rings. The van der Waals surface area contributed by atoms with E-state index >= 15 is 0 Å². The molecular formula is C18H29NO. The molecule has 1 saturated carbocycles. The fourth-order valence-electron chi connectivity index (χ4n) is 3.38. The molecule has 0 heterocycles. The van der Waals surface area contributed by atoms with Gasteiger partial charge in [-0.2, -0.15) is 0 Å². The molecule has 0 saturated heterocycles. The average Bonchev–Trinajstić information content (AvgIpc) is 2.44. The van der Waals surface area contributed by atoms with E-state index in [-0.39, 0.29) is 6.10 Å².